The third-order valence-corrected chi connectivity index (χ3v) is 12.2. The van der Waals surface area contributed by atoms with Crippen LogP contribution in [-0.4, -0.2) is 37.2 Å². The summed E-state index contributed by atoms with van der Waals surface area (Å²) < 4.78 is 16.8. The molecule has 0 aliphatic heterocycles. The Labute approximate surface area is 414 Å². The van der Waals surface area contributed by atoms with Crippen molar-refractivity contribution in [2.75, 3.05) is 13.2 Å². The number of hydrogen-bond acceptors (Lipinski definition) is 6. The minimum absolute atomic E-state index is 0.115. The maximum Gasteiger partial charge on any atom is 0.306 e. The van der Waals surface area contributed by atoms with E-state index in [0.29, 0.717) is 19.3 Å². The van der Waals surface area contributed by atoms with Crippen LogP contribution in [0.15, 0.2) is 72.9 Å². The highest BCUT2D eigenvalue weighted by molar-refractivity contribution is 5.71. The lowest BCUT2D eigenvalue weighted by Crippen LogP contribution is -2.30. The number of carbonyl (C=O) groups excluding carboxylic acids is 3. The van der Waals surface area contributed by atoms with Gasteiger partial charge in [-0.1, -0.05) is 248 Å². The number of ether oxygens (including phenoxy) is 3. The van der Waals surface area contributed by atoms with Crippen LogP contribution in [0, 0.1) is 0 Å². The Morgan fingerprint density at radius 3 is 0.881 bits per heavy atom. The second-order valence-electron chi connectivity index (χ2n) is 18.8. The van der Waals surface area contributed by atoms with Crippen LogP contribution in [-0.2, 0) is 28.6 Å². The smallest absolute Gasteiger partial charge is 0.306 e. The van der Waals surface area contributed by atoms with Crippen LogP contribution >= 0.6 is 0 Å². The van der Waals surface area contributed by atoms with Crippen molar-refractivity contribution in [1.29, 1.82) is 0 Å². The normalized spacial score (nSPS) is 12.2. The first kappa shape index (κ1) is 63.8. The zero-order valence-corrected chi connectivity index (χ0v) is 44.2. The van der Waals surface area contributed by atoms with E-state index in [4.69, 9.17) is 14.2 Å². The summed E-state index contributed by atoms with van der Waals surface area (Å²) in [6, 6.07) is 0. The fourth-order valence-corrected chi connectivity index (χ4v) is 7.89. The van der Waals surface area contributed by atoms with Crippen LogP contribution in [0.3, 0.4) is 0 Å². The highest BCUT2D eigenvalue weighted by Gasteiger charge is 2.19. The van der Waals surface area contributed by atoms with Crippen molar-refractivity contribution in [3.63, 3.8) is 0 Å². The van der Waals surface area contributed by atoms with E-state index in [1.807, 2.05) is 0 Å². The molecule has 0 N–H and O–H groups in total. The molecule has 0 spiro atoms. The molecule has 0 fully saturated rings. The molecule has 0 saturated heterocycles. The highest BCUT2D eigenvalue weighted by atomic mass is 16.6. The van der Waals surface area contributed by atoms with Gasteiger partial charge in [0, 0.05) is 19.3 Å². The molecule has 0 aliphatic rings. The lowest BCUT2D eigenvalue weighted by molar-refractivity contribution is -0.167. The summed E-state index contributed by atoms with van der Waals surface area (Å²) in [7, 11) is 0. The number of carbonyl (C=O) groups is 3. The molecule has 0 amide bonds. The second-order valence-corrected chi connectivity index (χ2v) is 18.8. The standard InChI is InChI=1S/C61H106O6/c1-4-7-10-13-16-19-22-25-28-30-33-35-38-41-44-47-50-53-59(62)65-56-58(67-61(64)55-52-49-46-43-40-37-32-27-24-21-18-15-12-9-6-3)57-66-60(63)54-51-48-45-42-39-36-34-31-29-26-23-20-17-14-11-8-5-2/h25-26,28-29,33-36,41-42,44-45,58H,4-24,27,30-32,37-40,43,46-57H2,1-3H3/b28-25-,29-26-,35-33-,36-34-,44-41-,45-42-. The highest BCUT2D eigenvalue weighted by Crippen LogP contribution is 2.15. The van der Waals surface area contributed by atoms with E-state index in [1.165, 1.54) is 167 Å². The molecule has 6 heteroatoms. The van der Waals surface area contributed by atoms with Gasteiger partial charge in [0.15, 0.2) is 6.10 Å². The summed E-state index contributed by atoms with van der Waals surface area (Å²) in [5.41, 5.74) is 0. The van der Waals surface area contributed by atoms with Gasteiger partial charge in [-0.05, 0) is 83.5 Å². The van der Waals surface area contributed by atoms with Crippen LogP contribution in [0.1, 0.15) is 278 Å². The molecule has 0 unspecified atom stereocenters. The monoisotopic (exact) mass is 935 g/mol. The Balaban J connectivity index is 4.51. The van der Waals surface area contributed by atoms with Gasteiger partial charge in [0.25, 0.3) is 0 Å². The van der Waals surface area contributed by atoms with Gasteiger partial charge >= 0.3 is 17.9 Å². The number of hydrogen-bond donors (Lipinski definition) is 0. The topological polar surface area (TPSA) is 78.9 Å². The summed E-state index contributed by atoms with van der Waals surface area (Å²) in [5.74, 6) is -1.01. The van der Waals surface area contributed by atoms with E-state index in [-0.39, 0.29) is 44.0 Å². The van der Waals surface area contributed by atoms with E-state index in [0.717, 1.165) is 57.8 Å². The molecule has 0 aliphatic carbocycles. The molecule has 0 radical (unpaired) electrons. The molecule has 0 aromatic rings. The number of allylic oxidation sites excluding steroid dienone is 12. The minimum atomic E-state index is -0.814. The van der Waals surface area contributed by atoms with Gasteiger partial charge in [-0.25, -0.2) is 0 Å². The zero-order valence-electron chi connectivity index (χ0n) is 44.2. The van der Waals surface area contributed by atoms with Crippen molar-refractivity contribution in [3.8, 4) is 0 Å². The lowest BCUT2D eigenvalue weighted by atomic mass is 10.0. The third kappa shape index (κ3) is 53.7. The number of esters is 3. The SMILES string of the molecule is CCCCCCCC/C=C\C/C=C\C/C=C\CCCC(=O)OCC(COC(=O)CCC/C=C\C/C=C\C/C=C\CCCCCCCC)OC(=O)CCCCCCCCCCCCCCCCC. The summed E-state index contributed by atoms with van der Waals surface area (Å²) >= 11 is 0. The molecule has 0 rings (SSSR count). The van der Waals surface area contributed by atoms with E-state index in [1.54, 1.807) is 0 Å². The van der Waals surface area contributed by atoms with Crippen LogP contribution in [0.4, 0.5) is 0 Å². The van der Waals surface area contributed by atoms with Crippen LogP contribution in [0.25, 0.3) is 0 Å². The molecule has 0 bridgehead atoms. The molecule has 0 saturated carbocycles. The van der Waals surface area contributed by atoms with E-state index >= 15 is 0 Å². The van der Waals surface area contributed by atoms with E-state index < -0.39 is 6.10 Å². The van der Waals surface area contributed by atoms with Gasteiger partial charge in [0.2, 0.25) is 0 Å². The van der Waals surface area contributed by atoms with E-state index in [2.05, 4.69) is 93.7 Å². The first-order valence-electron chi connectivity index (χ1n) is 28.4. The van der Waals surface area contributed by atoms with Gasteiger partial charge in [-0.3, -0.25) is 14.4 Å². The Bertz CT molecular complexity index is 1190. The van der Waals surface area contributed by atoms with Gasteiger partial charge < -0.3 is 14.2 Å². The van der Waals surface area contributed by atoms with Crippen molar-refractivity contribution in [1.82, 2.24) is 0 Å². The van der Waals surface area contributed by atoms with Crippen molar-refractivity contribution in [2.24, 2.45) is 0 Å². The van der Waals surface area contributed by atoms with Crippen LogP contribution in [0.2, 0.25) is 0 Å². The van der Waals surface area contributed by atoms with Crippen molar-refractivity contribution < 1.29 is 28.6 Å². The zero-order chi connectivity index (χ0) is 48.6. The minimum Gasteiger partial charge on any atom is -0.462 e. The predicted octanol–water partition coefficient (Wildman–Crippen LogP) is 19.0. The molecular formula is C61H106O6. The lowest BCUT2D eigenvalue weighted by Gasteiger charge is -2.18. The maximum absolute atomic E-state index is 12.8. The molecule has 0 aromatic carbocycles. The Kier molecular flexibility index (Phi) is 52.8. The fourth-order valence-electron chi connectivity index (χ4n) is 7.89. The third-order valence-electron chi connectivity index (χ3n) is 12.2. The summed E-state index contributed by atoms with van der Waals surface area (Å²) in [5, 5.41) is 0. The van der Waals surface area contributed by atoms with Crippen molar-refractivity contribution >= 4 is 17.9 Å². The Morgan fingerprint density at radius 2 is 0.552 bits per heavy atom. The Hall–Kier alpha value is -3.15. The first-order chi connectivity index (χ1) is 33.0. The average molecular weight is 936 g/mol. The van der Waals surface area contributed by atoms with Gasteiger partial charge in [-0.15, -0.1) is 0 Å². The predicted molar refractivity (Wildman–Crippen MR) is 288 cm³/mol. The molecule has 0 atom stereocenters. The Morgan fingerprint density at radius 1 is 0.299 bits per heavy atom. The largest absolute Gasteiger partial charge is 0.462 e. The van der Waals surface area contributed by atoms with E-state index in [9.17, 15) is 14.4 Å². The molecular weight excluding hydrogens is 829 g/mol. The van der Waals surface area contributed by atoms with Crippen molar-refractivity contribution in [3.05, 3.63) is 72.9 Å². The molecule has 0 aromatic heterocycles. The molecule has 6 nitrogen and oxygen atoms in total. The molecule has 386 valence electrons. The number of rotatable bonds is 51. The molecule has 0 heterocycles. The fraction of sp³-hybridized carbons (Fsp3) is 0.754. The number of unbranched alkanes of at least 4 members (excludes halogenated alkanes) is 28. The first-order valence-corrected chi connectivity index (χ1v) is 28.4. The quantitative estimate of drug-likeness (QED) is 0.0262. The van der Waals surface area contributed by atoms with Gasteiger partial charge in [-0.2, -0.15) is 0 Å². The molecule has 67 heavy (non-hydrogen) atoms. The average Bonchev–Trinajstić information content (AvgIpc) is 3.33. The van der Waals surface area contributed by atoms with Crippen LogP contribution < -0.4 is 0 Å². The van der Waals surface area contributed by atoms with Gasteiger partial charge in [0.05, 0.1) is 0 Å². The summed E-state index contributed by atoms with van der Waals surface area (Å²) in [6.07, 6.45) is 70.4. The van der Waals surface area contributed by atoms with Crippen LogP contribution in [0.5, 0.6) is 0 Å². The van der Waals surface area contributed by atoms with Gasteiger partial charge in [0.1, 0.15) is 13.2 Å². The maximum atomic E-state index is 12.8. The summed E-state index contributed by atoms with van der Waals surface area (Å²) in [6.45, 7) is 6.56. The second kappa shape index (κ2) is 55.4. The summed E-state index contributed by atoms with van der Waals surface area (Å²) in [4.78, 5) is 38.1. The van der Waals surface area contributed by atoms with Crippen molar-refractivity contribution in [2.45, 2.75) is 284 Å².